The van der Waals surface area contributed by atoms with Gasteiger partial charge in [0, 0.05) is 17.3 Å². The summed E-state index contributed by atoms with van der Waals surface area (Å²) >= 11 is 1.48. The molecule has 0 bridgehead atoms. The normalized spacial score (nSPS) is 10.2. The van der Waals surface area contributed by atoms with E-state index in [1.165, 1.54) is 11.3 Å². The van der Waals surface area contributed by atoms with E-state index in [-0.39, 0.29) is 0 Å². The summed E-state index contributed by atoms with van der Waals surface area (Å²) in [6.07, 6.45) is 1.70. The monoisotopic (exact) mass is 248 g/mol. The van der Waals surface area contributed by atoms with Gasteiger partial charge in [0.2, 0.25) is 0 Å². The van der Waals surface area contributed by atoms with Crippen molar-refractivity contribution < 1.29 is 9.90 Å². The predicted octanol–water partition coefficient (Wildman–Crippen LogP) is 3.20. The van der Waals surface area contributed by atoms with Crippen LogP contribution in [-0.4, -0.2) is 16.1 Å². The molecule has 4 nitrogen and oxygen atoms in total. The number of aromatic nitrogens is 1. The van der Waals surface area contributed by atoms with E-state index in [4.69, 9.17) is 5.11 Å². The van der Waals surface area contributed by atoms with E-state index in [9.17, 15) is 4.79 Å². The number of nitrogens with one attached hydrogen (secondary N) is 1. The summed E-state index contributed by atoms with van der Waals surface area (Å²) in [6.45, 7) is 3.73. The number of benzene rings is 1. The lowest BCUT2D eigenvalue weighted by molar-refractivity contribution is 0.0696. The minimum Gasteiger partial charge on any atom is -0.478 e. The van der Waals surface area contributed by atoms with E-state index < -0.39 is 5.97 Å². The highest BCUT2D eigenvalue weighted by Gasteiger charge is 2.11. The number of carbonyl (C=O) groups is 1. The smallest absolute Gasteiger partial charge is 0.336 e. The first-order valence-electron chi connectivity index (χ1n) is 5.09. The maximum absolute atomic E-state index is 11.0. The molecular weight excluding hydrogens is 236 g/mol. The van der Waals surface area contributed by atoms with Crippen molar-refractivity contribution in [3.63, 3.8) is 0 Å². The van der Waals surface area contributed by atoms with Crippen molar-refractivity contribution in [3.8, 4) is 0 Å². The van der Waals surface area contributed by atoms with Gasteiger partial charge in [0.25, 0.3) is 0 Å². The third-order valence-electron chi connectivity index (χ3n) is 2.48. The topological polar surface area (TPSA) is 62.2 Å². The predicted molar refractivity (Wildman–Crippen MR) is 68.3 cm³/mol. The van der Waals surface area contributed by atoms with Crippen molar-refractivity contribution in [1.82, 2.24) is 4.98 Å². The molecule has 0 radical (unpaired) electrons. The Balaban J connectivity index is 2.40. The molecule has 0 unspecified atom stereocenters. The maximum Gasteiger partial charge on any atom is 0.336 e. The molecule has 2 aromatic rings. The summed E-state index contributed by atoms with van der Waals surface area (Å²) in [5.41, 5.74) is 2.86. The number of anilines is 2. The first kappa shape index (κ1) is 11.6. The van der Waals surface area contributed by atoms with Crippen LogP contribution >= 0.6 is 11.3 Å². The van der Waals surface area contributed by atoms with Gasteiger partial charge in [0.1, 0.15) is 0 Å². The second kappa shape index (κ2) is 4.55. The second-order valence-electron chi connectivity index (χ2n) is 3.75. The van der Waals surface area contributed by atoms with Gasteiger partial charge < -0.3 is 10.4 Å². The van der Waals surface area contributed by atoms with E-state index in [2.05, 4.69) is 10.3 Å². The quantitative estimate of drug-likeness (QED) is 0.875. The standard InChI is InChI=1S/C12H12N2O2S/c1-7-5-8(2)10(6-9(7)11(15)16)14-12-13-3-4-17-12/h3-6H,1-2H3,(H,13,14)(H,15,16). The van der Waals surface area contributed by atoms with Crippen molar-refractivity contribution >= 4 is 28.1 Å². The minimum absolute atomic E-state index is 0.314. The number of aromatic carboxylic acids is 1. The molecule has 17 heavy (non-hydrogen) atoms. The molecule has 0 aliphatic carbocycles. The lowest BCUT2D eigenvalue weighted by Gasteiger charge is -2.10. The Bertz CT molecular complexity index is 550. The maximum atomic E-state index is 11.0. The zero-order valence-electron chi connectivity index (χ0n) is 9.52. The third kappa shape index (κ3) is 2.45. The lowest BCUT2D eigenvalue weighted by atomic mass is 10.0. The van der Waals surface area contributed by atoms with Gasteiger partial charge in [-0.2, -0.15) is 0 Å². The van der Waals surface area contributed by atoms with Gasteiger partial charge in [-0.3, -0.25) is 0 Å². The van der Waals surface area contributed by atoms with Crippen LogP contribution in [0, 0.1) is 13.8 Å². The highest BCUT2D eigenvalue weighted by molar-refractivity contribution is 7.13. The van der Waals surface area contributed by atoms with Crippen molar-refractivity contribution in [2.45, 2.75) is 13.8 Å². The average Bonchev–Trinajstić information content (AvgIpc) is 2.74. The summed E-state index contributed by atoms with van der Waals surface area (Å²) in [4.78, 5) is 15.2. The lowest BCUT2D eigenvalue weighted by Crippen LogP contribution is -2.02. The van der Waals surface area contributed by atoms with Gasteiger partial charge in [-0.05, 0) is 31.0 Å². The average molecular weight is 248 g/mol. The Kier molecular flexibility index (Phi) is 3.10. The fraction of sp³-hybridized carbons (Fsp3) is 0.167. The highest BCUT2D eigenvalue weighted by Crippen LogP contribution is 2.25. The Morgan fingerprint density at radius 1 is 1.35 bits per heavy atom. The Hall–Kier alpha value is -1.88. The van der Waals surface area contributed by atoms with Crippen LogP contribution in [-0.2, 0) is 0 Å². The number of hydrogen-bond donors (Lipinski definition) is 2. The van der Waals surface area contributed by atoms with E-state index >= 15 is 0 Å². The summed E-state index contributed by atoms with van der Waals surface area (Å²) in [5, 5.41) is 14.8. The highest BCUT2D eigenvalue weighted by atomic mass is 32.1. The van der Waals surface area contributed by atoms with E-state index in [0.29, 0.717) is 5.56 Å². The molecule has 1 aromatic carbocycles. The molecule has 0 saturated carbocycles. The van der Waals surface area contributed by atoms with Crippen LogP contribution in [0.5, 0.6) is 0 Å². The fourth-order valence-corrected chi connectivity index (χ4v) is 2.16. The van der Waals surface area contributed by atoms with Crippen LogP contribution in [0.25, 0.3) is 0 Å². The largest absolute Gasteiger partial charge is 0.478 e. The molecule has 0 atom stereocenters. The molecule has 2 rings (SSSR count). The van der Waals surface area contributed by atoms with Gasteiger partial charge in [0.15, 0.2) is 5.13 Å². The Morgan fingerprint density at radius 2 is 2.12 bits per heavy atom. The van der Waals surface area contributed by atoms with Crippen molar-refractivity contribution in [2.24, 2.45) is 0 Å². The first-order chi connectivity index (χ1) is 8.08. The van der Waals surface area contributed by atoms with Crippen LogP contribution in [0.3, 0.4) is 0 Å². The molecule has 0 aliphatic heterocycles. The molecule has 88 valence electrons. The van der Waals surface area contributed by atoms with Crippen molar-refractivity contribution in [1.29, 1.82) is 0 Å². The summed E-state index contributed by atoms with van der Waals surface area (Å²) < 4.78 is 0. The van der Waals surface area contributed by atoms with Crippen LogP contribution < -0.4 is 5.32 Å². The second-order valence-corrected chi connectivity index (χ2v) is 4.64. The van der Waals surface area contributed by atoms with Crippen LogP contribution in [0.15, 0.2) is 23.7 Å². The number of carboxylic acid groups (broad SMARTS) is 1. The molecule has 0 spiro atoms. The number of nitrogens with zero attached hydrogens (tertiary/aromatic N) is 1. The molecule has 0 saturated heterocycles. The zero-order valence-corrected chi connectivity index (χ0v) is 10.3. The number of rotatable bonds is 3. The molecule has 2 N–H and O–H groups in total. The molecule has 1 heterocycles. The summed E-state index contributed by atoms with van der Waals surface area (Å²) in [6, 6.07) is 3.51. The van der Waals surface area contributed by atoms with Gasteiger partial charge in [-0.1, -0.05) is 6.07 Å². The minimum atomic E-state index is -0.912. The van der Waals surface area contributed by atoms with E-state index in [0.717, 1.165) is 21.9 Å². The fourth-order valence-electron chi connectivity index (χ4n) is 1.62. The zero-order chi connectivity index (χ0) is 12.4. The Morgan fingerprint density at radius 3 is 2.71 bits per heavy atom. The molecule has 0 fully saturated rings. The van der Waals surface area contributed by atoms with Crippen molar-refractivity contribution in [3.05, 3.63) is 40.4 Å². The summed E-state index contributed by atoms with van der Waals surface area (Å²) in [5.74, 6) is -0.912. The third-order valence-corrected chi connectivity index (χ3v) is 3.16. The van der Waals surface area contributed by atoms with Crippen molar-refractivity contribution in [2.75, 3.05) is 5.32 Å². The van der Waals surface area contributed by atoms with Gasteiger partial charge in [0.05, 0.1) is 5.56 Å². The molecule has 5 heteroatoms. The summed E-state index contributed by atoms with van der Waals surface area (Å²) in [7, 11) is 0. The van der Waals surface area contributed by atoms with E-state index in [1.807, 2.05) is 18.4 Å². The van der Waals surface area contributed by atoms with Gasteiger partial charge in [-0.25, -0.2) is 9.78 Å². The molecule has 1 aromatic heterocycles. The SMILES string of the molecule is Cc1cc(C)c(C(=O)O)cc1Nc1nccs1. The Labute approximate surface area is 103 Å². The molecular formula is C12H12N2O2S. The first-order valence-corrected chi connectivity index (χ1v) is 5.97. The number of hydrogen-bond acceptors (Lipinski definition) is 4. The van der Waals surface area contributed by atoms with Crippen LogP contribution in [0.4, 0.5) is 10.8 Å². The number of carboxylic acids is 1. The van der Waals surface area contributed by atoms with Crippen LogP contribution in [0.2, 0.25) is 0 Å². The van der Waals surface area contributed by atoms with Gasteiger partial charge >= 0.3 is 5.97 Å². The molecule has 0 amide bonds. The van der Waals surface area contributed by atoms with Crippen LogP contribution in [0.1, 0.15) is 21.5 Å². The van der Waals surface area contributed by atoms with Gasteiger partial charge in [-0.15, -0.1) is 11.3 Å². The number of aryl methyl sites for hydroxylation is 2. The molecule has 0 aliphatic rings. The van der Waals surface area contributed by atoms with E-state index in [1.54, 1.807) is 19.2 Å². The number of thiazole rings is 1.